The van der Waals surface area contributed by atoms with Gasteiger partial charge in [0.05, 0.1) is 25.3 Å². The summed E-state index contributed by atoms with van der Waals surface area (Å²) in [5.41, 5.74) is 1.89. The van der Waals surface area contributed by atoms with Crippen LogP contribution in [0.4, 0.5) is 0 Å². The van der Waals surface area contributed by atoms with Gasteiger partial charge >= 0.3 is 0 Å². The van der Waals surface area contributed by atoms with E-state index in [4.69, 9.17) is 9.47 Å². The third kappa shape index (κ3) is 4.05. The van der Waals surface area contributed by atoms with Crippen LogP contribution >= 0.6 is 11.3 Å². The molecule has 0 saturated carbocycles. The van der Waals surface area contributed by atoms with Gasteiger partial charge in [-0.25, -0.2) is 4.98 Å². The fourth-order valence-corrected chi connectivity index (χ4v) is 4.71. The van der Waals surface area contributed by atoms with Gasteiger partial charge in [0.25, 0.3) is 5.56 Å². The number of hydrogen-bond acceptors (Lipinski definition) is 6. The van der Waals surface area contributed by atoms with Gasteiger partial charge in [0, 0.05) is 4.88 Å². The van der Waals surface area contributed by atoms with Gasteiger partial charge in [0.2, 0.25) is 0 Å². The Kier molecular flexibility index (Phi) is 5.67. The number of thiophene rings is 1. The van der Waals surface area contributed by atoms with Crippen LogP contribution in [0, 0.1) is 5.92 Å². The van der Waals surface area contributed by atoms with Crippen molar-refractivity contribution in [3.63, 3.8) is 0 Å². The average molecular weight is 412 g/mol. The quantitative estimate of drug-likeness (QED) is 0.569. The molecular formula is C22H25N3O3S. The Morgan fingerprint density at radius 1 is 1.28 bits per heavy atom. The van der Waals surface area contributed by atoms with E-state index >= 15 is 0 Å². The van der Waals surface area contributed by atoms with Gasteiger partial charge in [-0.15, -0.1) is 11.3 Å². The zero-order valence-electron chi connectivity index (χ0n) is 17.0. The molecule has 3 aromatic rings. The van der Waals surface area contributed by atoms with E-state index in [0.717, 1.165) is 35.0 Å². The second-order valence-corrected chi connectivity index (χ2v) is 8.73. The molecule has 29 heavy (non-hydrogen) atoms. The molecule has 2 aromatic heterocycles. The molecule has 0 fully saturated rings. The van der Waals surface area contributed by atoms with Gasteiger partial charge in [-0.1, -0.05) is 13.8 Å². The van der Waals surface area contributed by atoms with Crippen molar-refractivity contribution in [2.24, 2.45) is 11.0 Å². The minimum atomic E-state index is -0.102. The maximum Gasteiger partial charge on any atom is 0.282 e. The summed E-state index contributed by atoms with van der Waals surface area (Å²) in [4.78, 5) is 19.6. The molecule has 1 aliphatic rings. The van der Waals surface area contributed by atoms with E-state index in [0.29, 0.717) is 24.0 Å². The summed E-state index contributed by atoms with van der Waals surface area (Å²) in [6.45, 7) is 4.82. The van der Waals surface area contributed by atoms with Gasteiger partial charge in [-0.2, -0.15) is 9.78 Å². The fourth-order valence-electron chi connectivity index (χ4n) is 3.49. The SMILES string of the molecule is COc1cc(C=Nn2cnc3sc4c(c3c2=O)CCCC4)ccc1OCC(C)C. The smallest absolute Gasteiger partial charge is 0.282 e. The Bertz CT molecular complexity index is 1110. The summed E-state index contributed by atoms with van der Waals surface area (Å²) >= 11 is 1.64. The van der Waals surface area contributed by atoms with E-state index in [1.165, 1.54) is 27.9 Å². The molecule has 7 heteroatoms. The van der Waals surface area contributed by atoms with Gasteiger partial charge in [0.15, 0.2) is 11.5 Å². The highest BCUT2D eigenvalue weighted by atomic mass is 32.1. The normalized spacial score (nSPS) is 13.9. The Balaban J connectivity index is 1.63. The van der Waals surface area contributed by atoms with Crippen molar-refractivity contribution in [1.29, 1.82) is 0 Å². The fraction of sp³-hybridized carbons (Fsp3) is 0.409. The largest absolute Gasteiger partial charge is 0.493 e. The monoisotopic (exact) mass is 411 g/mol. The van der Waals surface area contributed by atoms with Crippen LogP contribution in [0.3, 0.4) is 0 Å². The van der Waals surface area contributed by atoms with Crippen molar-refractivity contribution in [2.75, 3.05) is 13.7 Å². The molecule has 0 radical (unpaired) electrons. The van der Waals surface area contributed by atoms with Crippen LogP contribution < -0.4 is 15.0 Å². The summed E-state index contributed by atoms with van der Waals surface area (Å²) in [5, 5.41) is 5.09. The number of aromatic nitrogens is 2. The number of benzene rings is 1. The molecule has 0 amide bonds. The summed E-state index contributed by atoms with van der Waals surface area (Å²) in [6.07, 6.45) is 7.45. The molecule has 0 bridgehead atoms. The number of nitrogens with zero attached hydrogens (tertiary/aromatic N) is 3. The lowest BCUT2D eigenvalue weighted by atomic mass is 9.97. The molecule has 2 heterocycles. The molecule has 1 aromatic carbocycles. The first kappa shape index (κ1) is 19.6. The third-order valence-corrected chi connectivity index (χ3v) is 6.15. The van der Waals surface area contributed by atoms with Crippen molar-refractivity contribution in [2.45, 2.75) is 39.5 Å². The molecular weight excluding hydrogens is 386 g/mol. The average Bonchev–Trinajstić information content (AvgIpc) is 3.11. The Morgan fingerprint density at radius 2 is 2.10 bits per heavy atom. The molecule has 0 atom stereocenters. The second kappa shape index (κ2) is 8.37. The summed E-state index contributed by atoms with van der Waals surface area (Å²) in [6, 6.07) is 5.61. The number of hydrogen-bond donors (Lipinski definition) is 0. The second-order valence-electron chi connectivity index (χ2n) is 7.65. The number of methoxy groups -OCH3 is 1. The number of ether oxygens (including phenoxy) is 2. The summed E-state index contributed by atoms with van der Waals surface area (Å²) in [7, 11) is 1.61. The van der Waals surface area contributed by atoms with E-state index in [1.54, 1.807) is 24.7 Å². The van der Waals surface area contributed by atoms with Gasteiger partial charge in [-0.05, 0) is 60.9 Å². The van der Waals surface area contributed by atoms with Crippen LogP contribution in [-0.4, -0.2) is 29.6 Å². The molecule has 0 saturated heterocycles. The molecule has 1 aliphatic carbocycles. The summed E-state index contributed by atoms with van der Waals surface area (Å²) in [5.74, 6) is 1.77. The predicted octanol–water partition coefficient (Wildman–Crippen LogP) is 4.26. The first-order chi connectivity index (χ1) is 14.1. The standard InChI is InChI=1S/C22H25N3O3S/c1-14(2)12-28-17-9-8-15(10-18(17)27-3)11-24-25-13-23-21-20(22(25)26)16-6-4-5-7-19(16)29-21/h8-11,13-14H,4-7,12H2,1-3H3. The van der Waals surface area contributed by atoms with E-state index in [-0.39, 0.29) is 5.56 Å². The molecule has 0 unspecified atom stereocenters. The molecule has 4 rings (SSSR count). The minimum absolute atomic E-state index is 0.102. The molecule has 6 nitrogen and oxygen atoms in total. The Labute approximate surface area is 173 Å². The van der Waals surface area contributed by atoms with E-state index in [1.807, 2.05) is 18.2 Å². The Morgan fingerprint density at radius 3 is 2.90 bits per heavy atom. The van der Waals surface area contributed by atoms with Crippen LogP contribution in [-0.2, 0) is 12.8 Å². The lowest BCUT2D eigenvalue weighted by Crippen LogP contribution is -2.18. The highest BCUT2D eigenvalue weighted by Crippen LogP contribution is 2.33. The third-order valence-electron chi connectivity index (χ3n) is 4.95. The molecule has 0 aliphatic heterocycles. The lowest BCUT2D eigenvalue weighted by Gasteiger charge is -2.12. The maximum atomic E-state index is 13.0. The van der Waals surface area contributed by atoms with Crippen LogP contribution in [0.25, 0.3) is 10.2 Å². The zero-order chi connectivity index (χ0) is 20.4. The molecule has 0 spiro atoms. The van der Waals surface area contributed by atoms with Gasteiger partial charge in [-0.3, -0.25) is 4.79 Å². The number of aryl methyl sites for hydroxylation is 2. The van der Waals surface area contributed by atoms with Crippen molar-refractivity contribution in [3.05, 3.63) is 50.9 Å². The highest BCUT2D eigenvalue weighted by molar-refractivity contribution is 7.18. The van der Waals surface area contributed by atoms with Crippen molar-refractivity contribution < 1.29 is 9.47 Å². The Hall–Kier alpha value is -2.67. The predicted molar refractivity (Wildman–Crippen MR) is 117 cm³/mol. The van der Waals surface area contributed by atoms with Crippen LogP contribution in [0.5, 0.6) is 11.5 Å². The van der Waals surface area contributed by atoms with Crippen molar-refractivity contribution in [3.8, 4) is 11.5 Å². The maximum absolute atomic E-state index is 13.0. The van der Waals surface area contributed by atoms with E-state index in [2.05, 4.69) is 23.9 Å². The summed E-state index contributed by atoms with van der Waals surface area (Å²) < 4.78 is 12.5. The minimum Gasteiger partial charge on any atom is -0.493 e. The molecule has 0 N–H and O–H groups in total. The van der Waals surface area contributed by atoms with Gasteiger partial charge in [0.1, 0.15) is 11.2 Å². The topological polar surface area (TPSA) is 65.7 Å². The first-order valence-corrected chi connectivity index (χ1v) is 10.8. The zero-order valence-corrected chi connectivity index (χ0v) is 17.8. The van der Waals surface area contributed by atoms with E-state index < -0.39 is 0 Å². The van der Waals surface area contributed by atoms with Gasteiger partial charge < -0.3 is 9.47 Å². The van der Waals surface area contributed by atoms with E-state index in [9.17, 15) is 4.79 Å². The first-order valence-electron chi connectivity index (χ1n) is 9.94. The number of fused-ring (bicyclic) bond motifs is 3. The van der Waals surface area contributed by atoms with Crippen molar-refractivity contribution in [1.82, 2.24) is 9.66 Å². The van der Waals surface area contributed by atoms with Crippen LogP contribution in [0.1, 0.15) is 42.7 Å². The van der Waals surface area contributed by atoms with Crippen LogP contribution in [0.2, 0.25) is 0 Å². The number of rotatable bonds is 6. The lowest BCUT2D eigenvalue weighted by molar-refractivity contribution is 0.257. The molecule has 152 valence electrons. The highest BCUT2D eigenvalue weighted by Gasteiger charge is 2.19. The van der Waals surface area contributed by atoms with Crippen LogP contribution in [0.15, 0.2) is 34.4 Å². The van der Waals surface area contributed by atoms with Crippen molar-refractivity contribution >= 4 is 27.8 Å².